The van der Waals surface area contributed by atoms with Gasteiger partial charge in [-0.3, -0.25) is 0 Å². The summed E-state index contributed by atoms with van der Waals surface area (Å²) in [4.78, 5) is 0. The van der Waals surface area contributed by atoms with Crippen LogP contribution in [-0.4, -0.2) is 0 Å². The molecule has 0 aliphatic rings. The topological polar surface area (TPSA) is 26.0 Å². The average Bonchev–Trinajstić information content (AvgIpc) is 2.05. The van der Waals surface area contributed by atoms with Gasteiger partial charge in [-0.1, -0.05) is 29.8 Å². The van der Waals surface area contributed by atoms with Crippen molar-refractivity contribution in [3.63, 3.8) is 0 Å². The first-order valence-electron chi connectivity index (χ1n) is 3.86. The van der Waals surface area contributed by atoms with Gasteiger partial charge in [-0.25, -0.2) is 0 Å². The second-order valence-corrected chi connectivity index (χ2v) is 3.12. The molecule has 2 N–H and O–H groups in total. The molecule has 0 aliphatic carbocycles. The lowest BCUT2D eigenvalue weighted by Crippen LogP contribution is -2.08. The predicted molar refractivity (Wildman–Crippen MR) is 60.4 cm³/mol. The van der Waals surface area contributed by atoms with Crippen LogP contribution >= 0.6 is 24.0 Å². The Morgan fingerprint density at radius 3 is 2.77 bits per heavy atom. The van der Waals surface area contributed by atoms with Crippen molar-refractivity contribution in [3.8, 4) is 0 Å². The third-order valence-corrected chi connectivity index (χ3v) is 1.93. The number of nitrogens with two attached hydrogens (primary N) is 1. The third-order valence-electron chi connectivity index (χ3n) is 1.70. The maximum Gasteiger partial charge on any atom is 0.0409 e. The first kappa shape index (κ1) is 12.5. The Hall–Kier alpha value is -0.500. The van der Waals surface area contributed by atoms with Crippen LogP contribution in [-0.2, 0) is 0 Å². The van der Waals surface area contributed by atoms with E-state index in [1.54, 1.807) is 0 Å². The lowest BCUT2D eigenvalue weighted by Gasteiger charge is -2.08. The second kappa shape index (κ2) is 6.03. The van der Waals surface area contributed by atoms with Crippen LogP contribution in [0.4, 0.5) is 0 Å². The van der Waals surface area contributed by atoms with Crippen molar-refractivity contribution in [2.24, 2.45) is 5.73 Å². The Balaban J connectivity index is 0.00000144. The van der Waals surface area contributed by atoms with Crippen LogP contribution in [0, 0.1) is 0 Å². The van der Waals surface area contributed by atoms with E-state index in [4.69, 9.17) is 17.3 Å². The molecular formula is C10H13Cl2N. The smallest absolute Gasteiger partial charge is 0.0409 e. The van der Waals surface area contributed by atoms with E-state index in [9.17, 15) is 0 Å². The van der Waals surface area contributed by atoms with Crippen LogP contribution in [0.2, 0.25) is 5.02 Å². The summed E-state index contributed by atoms with van der Waals surface area (Å²) in [6, 6.07) is 7.61. The molecule has 0 spiro atoms. The minimum Gasteiger partial charge on any atom is -0.324 e. The molecule has 0 aliphatic heterocycles. The fourth-order valence-corrected chi connectivity index (χ4v) is 1.25. The molecule has 0 saturated carbocycles. The molecule has 0 heterocycles. The van der Waals surface area contributed by atoms with Gasteiger partial charge in [0.1, 0.15) is 0 Å². The van der Waals surface area contributed by atoms with Crippen molar-refractivity contribution in [2.75, 3.05) is 0 Å². The normalized spacial score (nSPS) is 11.5. The van der Waals surface area contributed by atoms with Crippen molar-refractivity contribution >= 4 is 24.0 Å². The maximum atomic E-state index is 5.84. The summed E-state index contributed by atoms with van der Waals surface area (Å²) in [7, 11) is 0. The number of rotatable bonds is 3. The molecule has 1 aromatic rings. The summed E-state index contributed by atoms with van der Waals surface area (Å²) in [5, 5.41) is 0.729. The van der Waals surface area contributed by atoms with Crippen molar-refractivity contribution in [3.05, 3.63) is 47.5 Å². The lowest BCUT2D eigenvalue weighted by molar-refractivity contribution is 0.742. The average molecular weight is 218 g/mol. The van der Waals surface area contributed by atoms with Gasteiger partial charge >= 0.3 is 0 Å². The van der Waals surface area contributed by atoms with Gasteiger partial charge in [-0.05, 0) is 24.1 Å². The Labute approximate surface area is 90.0 Å². The molecule has 1 nitrogen and oxygen atoms in total. The fourth-order valence-electron chi connectivity index (χ4n) is 1.05. The van der Waals surface area contributed by atoms with Gasteiger partial charge in [-0.2, -0.15) is 0 Å². The Bertz CT molecular complexity index is 273. The number of hydrogen-bond donors (Lipinski definition) is 1. The molecular weight excluding hydrogens is 205 g/mol. The second-order valence-electron chi connectivity index (χ2n) is 2.69. The van der Waals surface area contributed by atoms with E-state index in [2.05, 4.69) is 6.58 Å². The van der Waals surface area contributed by atoms with Crippen molar-refractivity contribution < 1.29 is 0 Å². The van der Waals surface area contributed by atoms with Crippen LogP contribution in [0.15, 0.2) is 36.9 Å². The van der Waals surface area contributed by atoms with Gasteiger partial charge in [0.05, 0.1) is 0 Å². The van der Waals surface area contributed by atoms with Crippen LogP contribution in [0.5, 0.6) is 0 Å². The van der Waals surface area contributed by atoms with Crippen LogP contribution in [0.25, 0.3) is 0 Å². The van der Waals surface area contributed by atoms with E-state index < -0.39 is 0 Å². The van der Waals surface area contributed by atoms with Gasteiger partial charge < -0.3 is 5.73 Å². The predicted octanol–water partition coefficient (Wildman–Crippen LogP) is 3.34. The molecule has 72 valence electrons. The highest BCUT2D eigenvalue weighted by Crippen LogP contribution is 2.18. The highest BCUT2D eigenvalue weighted by Gasteiger charge is 2.02. The van der Waals surface area contributed by atoms with E-state index >= 15 is 0 Å². The molecule has 1 unspecified atom stereocenters. The van der Waals surface area contributed by atoms with E-state index in [0.717, 1.165) is 17.0 Å². The lowest BCUT2D eigenvalue weighted by atomic mass is 10.1. The first-order chi connectivity index (χ1) is 5.74. The van der Waals surface area contributed by atoms with E-state index in [1.165, 1.54) is 0 Å². The zero-order valence-corrected chi connectivity index (χ0v) is 8.81. The van der Waals surface area contributed by atoms with E-state index in [1.807, 2.05) is 30.3 Å². The minimum absolute atomic E-state index is 0. The summed E-state index contributed by atoms with van der Waals surface area (Å²) in [6.45, 7) is 3.64. The van der Waals surface area contributed by atoms with E-state index in [0.29, 0.717) is 0 Å². The van der Waals surface area contributed by atoms with Crippen molar-refractivity contribution in [1.82, 2.24) is 0 Å². The van der Waals surface area contributed by atoms with E-state index in [-0.39, 0.29) is 18.4 Å². The molecule has 0 saturated heterocycles. The highest BCUT2D eigenvalue weighted by molar-refractivity contribution is 6.30. The Morgan fingerprint density at radius 1 is 1.54 bits per heavy atom. The summed E-state index contributed by atoms with van der Waals surface area (Å²) in [6.07, 6.45) is 2.59. The third kappa shape index (κ3) is 3.81. The Morgan fingerprint density at radius 2 is 2.23 bits per heavy atom. The minimum atomic E-state index is 0. The maximum absolute atomic E-state index is 5.84. The molecule has 1 aromatic carbocycles. The van der Waals surface area contributed by atoms with Gasteiger partial charge in [0.25, 0.3) is 0 Å². The van der Waals surface area contributed by atoms with Crippen LogP contribution in [0.3, 0.4) is 0 Å². The zero-order valence-electron chi connectivity index (χ0n) is 7.24. The number of benzene rings is 1. The summed E-state index contributed by atoms with van der Waals surface area (Å²) in [5.74, 6) is 0. The monoisotopic (exact) mass is 217 g/mol. The zero-order chi connectivity index (χ0) is 8.97. The van der Waals surface area contributed by atoms with Crippen molar-refractivity contribution in [1.29, 1.82) is 0 Å². The highest BCUT2D eigenvalue weighted by atomic mass is 35.5. The van der Waals surface area contributed by atoms with Gasteiger partial charge in [-0.15, -0.1) is 19.0 Å². The van der Waals surface area contributed by atoms with Gasteiger partial charge in [0, 0.05) is 11.1 Å². The van der Waals surface area contributed by atoms with Gasteiger partial charge in [0.15, 0.2) is 0 Å². The molecule has 13 heavy (non-hydrogen) atoms. The molecule has 0 fully saturated rings. The molecule has 0 aromatic heterocycles. The van der Waals surface area contributed by atoms with Crippen LogP contribution in [0.1, 0.15) is 18.0 Å². The fraction of sp³-hybridized carbons (Fsp3) is 0.200. The molecule has 1 rings (SSSR count). The largest absolute Gasteiger partial charge is 0.324 e. The van der Waals surface area contributed by atoms with Crippen molar-refractivity contribution in [2.45, 2.75) is 12.5 Å². The molecule has 0 radical (unpaired) electrons. The molecule has 1 atom stereocenters. The standard InChI is InChI=1S/C10H12ClN.ClH/c1-2-4-10(12)8-5-3-6-9(11)7-8;/h2-3,5-7,10H,1,4,12H2;1H. The van der Waals surface area contributed by atoms with Gasteiger partial charge in [0.2, 0.25) is 0 Å². The summed E-state index contributed by atoms with van der Waals surface area (Å²) in [5.41, 5.74) is 6.90. The summed E-state index contributed by atoms with van der Waals surface area (Å²) >= 11 is 5.81. The quantitative estimate of drug-likeness (QED) is 0.773. The summed E-state index contributed by atoms with van der Waals surface area (Å²) < 4.78 is 0. The van der Waals surface area contributed by atoms with Crippen LogP contribution < -0.4 is 5.73 Å². The number of hydrogen-bond acceptors (Lipinski definition) is 1. The molecule has 0 amide bonds. The first-order valence-corrected chi connectivity index (χ1v) is 4.24. The molecule has 3 heteroatoms. The molecule has 0 bridgehead atoms. The SMILES string of the molecule is C=CCC(N)c1cccc(Cl)c1.Cl. The number of halogens is 2. The Kier molecular flexibility index (Phi) is 5.80.